The average molecular weight is 252 g/mol. The van der Waals surface area contributed by atoms with Crippen LogP contribution in [0.5, 0.6) is 0 Å². The van der Waals surface area contributed by atoms with Crippen molar-refractivity contribution in [3.8, 4) is 0 Å². The highest BCUT2D eigenvalue weighted by molar-refractivity contribution is 5.74. The van der Waals surface area contributed by atoms with E-state index in [9.17, 15) is 4.79 Å². The van der Waals surface area contributed by atoms with E-state index < -0.39 is 0 Å². The van der Waals surface area contributed by atoms with E-state index in [0.717, 1.165) is 13.0 Å². The van der Waals surface area contributed by atoms with Crippen LogP contribution >= 0.6 is 0 Å². The van der Waals surface area contributed by atoms with Crippen LogP contribution in [0.3, 0.4) is 0 Å². The Balaban J connectivity index is 1.64. The van der Waals surface area contributed by atoms with Crippen molar-refractivity contribution >= 4 is 6.03 Å². The zero-order valence-corrected chi connectivity index (χ0v) is 11.7. The van der Waals surface area contributed by atoms with Gasteiger partial charge in [-0.15, -0.1) is 0 Å². The van der Waals surface area contributed by atoms with Crippen LogP contribution in [0.1, 0.15) is 64.7 Å². The predicted octanol–water partition coefficient (Wildman–Crippen LogP) is 3.44. The van der Waals surface area contributed by atoms with Gasteiger partial charge in [-0.2, -0.15) is 0 Å². The third kappa shape index (κ3) is 4.18. The molecule has 2 aliphatic rings. The number of carbonyl (C=O) groups excluding carboxylic acids is 1. The molecule has 2 amide bonds. The molecule has 2 saturated carbocycles. The molecule has 0 aromatic rings. The number of carbonyl (C=O) groups is 1. The summed E-state index contributed by atoms with van der Waals surface area (Å²) in [5.41, 5.74) is 0. The van der Waals surface area contributed by atoms with Crippen molar-refractivity contribution in [2.24, 2.45) is 11.8 Å². The number of hydrogen-bond donors (Lipinski definition) is 2. The Hall–Kier alpha value is -0.730. The van der Waals surface area contributed by atoms with Crippen molar-refractivity contribution in [3.05, 3.63) is 0 Å². The molecule has 2 N–H and O–H groups in total. The molecule has 1 unspecified atom stereocenters. The van der Waals surface area contributed by atoms with Gasteiger partial charge in [0.25, 0.3) is 0 Å². The van der Waals surface area contributed by atoms with E-state index in [2.05, 4.69) is 17.6 Å². The summed E-state index contributed by atoms with van der Waals surface area (Å²) in [7, 11) is 0. The summed E-state index contributed by atoms with van der Waals surface area (Å²) in [6.07, 6.45) is 11.6. The van der Waals surface area contributed by atoms with Crippen LogP contribution in [-0.4, -0.2) is 18.6 Å². The van der Waals surface area contributed by atoms with Crippen LogP contribution in [0.4, 0.5) is 4.79 Å². The molecule has 0 bridgehead atoms. The average Bonchev–Trinajstić information content (AvgIpc) is 2.40. The molecule has 3 nitrogen and oxygen atoms in total. The molecule has 0 radical (unpaired) electrons. The molecule has 0 aromatic carbocycles. The Morgan fingerprint density at radius 2 is 1.67 bits per heavy atom. The first-order valence-electron chi connectivity index (χ1n) is 7.80. The molecular formula is C15H28N2O. The molecule has 0 aromatic heterocycles. The zero-order valence-electron chi connectivity index (χ0n) is 11.7. The summed E-state index contributed by atoms with van der Waals surface area (Å²) in [6, 6.07) is 0.449. The van der Waals surface area contributed by atoms with E-state index in [1.165, 1.54) is 51.4 Å². The highest BCUT2D eigenvalue weighted by Gasteiger charge is 2.23. The quantitative estimate of drug-likeness (QED) is 0.793. The van der Waals surface area contributed by atoms with Crippen molar-refractivity contribution in [2.75, 3.05) is 6.54 Å². The van der Waals surface area contributed by atoms with Gasteiger partial charge in [0.05, 0.1) is 0 Å². The minimum Gasteiger partial charge on any atom is -0.338 e. The minimum atomic E-state index is 0.0549. The second-order valence-electron chi connectivity index (χ2n) is 6.23. The van der Waals surface area contributed by atoms with Gasteiger partial charge in [0.1, 0.15) is 0 Å². The third-order valence-electron chi connectivity index (χ3n) is 4.70. The normalized spacial score (nSPS) is 29.8. The molecule has 0 heterocycles. The lowest BCUT2D eigenvalue weighted by molar-refractivity contribution is 0.218. The van der Waals surface area contributed by atoms with Crippen molar-refractivity contribution < 1.29 is 4.79 Å². The topological polar surface area (TPSA) is 41.1 Å². The van der Waals surface area contributed by atoms with E-state index in [0.29, 0.717) is 17.9 Å². The van der Waals surface area contributed by atoms with Crippen molar-refractivity contribution in [1.29, 1.82) is 0 Å². The SMILES string of the molecule is CC1CCCC[C@H]1NC(=O)NCC1CCCCC1. The number of rotatable bonds is 3. The molecule has 2 aliphatic carbocycles. The van der Waals surface area contributed by atoms with Crippen molar-refractivity contribution in [3.63, 3.8) is 0 Å². The molecule has 2 rings (SSSR count). The Bertz CT molecular complexity index is 261. The fraction of sp³-hybridized carbons (Fsp3) is 0.933. The van der Waals surface area contributed by atoms with Gasteiger partial charge < -0.3 is 10.6 Å². The molecule has 0 saturated heterocycles. The molecule has 2 atom stereocenters. The highest BCUT2D eigenvalue weighted by Crippen LogP contribution is 2.24. The first kappa shape index (κ1) is 13.7. The van der Waals surface area contributed by atoms with Gasteiger partial charge in [-0.1, -0.05) is 39.0 Å². The molecule has 2 fully saturated rings. The summed E-state index contributed by atoms with van der Waals surface area (Å²) < 4.78 is 0. The van der Waals surface area contributed by atoms with Crippen LogP contribution < -0.4 is 10.6 Å². The first-order chi connectivity index (χ1) is 8.75. The Labute approximate surface area is 111 Å². The predicted molar refractivity (Wildman–Crippen MR) is 74.5 cm³/mol. The highest BCUT2D eigenvalue weighted by atomic mass is 16.2. The Morgan fingerprint density at radius 3 is 2.39 bits per heavy atom. The number of nitrogens with one attached hydrogen (secondary N) is 2. The van der Waals surface area contributed by atoms with E-state index in [4.69, 9.17) is 0 Å². The minimum absolute atomic E-state index is 0.0549. The van der Waals surface area contributed by atoms with Gasteiger partial charge in [-0.05, 0) is 37.5 Å². The van der Waals surface area contributed by atoms with Crippen LogP contribution in [0.2, 0.25) is 0 Å². The lowest BCUT2D eigenvalue weighted by Crippen LogP contribution is -2.47. The van der Waals surface area contributed by atoms with Gasteiger partial charge in [-0.3, -0.25) is 0 Å². The molecule has 0 spiro atoms. The van der Waals surface area contributed by atoms with Crippen LogP contribution in [-0.2, 0) is 0 Å². The fourth-order valence-corrected chi connectivity index (χ4v) is 3.38. The maximum absolute atomic E-state index is 11.9. The summed E-state index contributed by atoms with van der Waals surface area (Å²) in [6.45, 7) is 3.12. The number of amides is 2. The number of hydrogen-bond acceptors (Lipinski definition) is 1. The molecule has 3 heteroatoms. The van der Waals surface area contributed by atoms with Crippen molar-refractivity contribution in [2.45, 2.75) is 70.8 Å². The lowest BCUT2D eigenvalue weighted by Gasteiger charge is -2.30. The Kier molecular flexibility index (Phi) is 5.33. The lowest BCUT2D eigenvalue weighted by atomic mass is 9.86. The summed E-state index contributed by atoms with van der Waals surface area (Å²) in [5.74, 6) is 1.35. The van der Waals surface area contributed by atoms with Gasteiger partial charge in [-0.25, -0.2) is 4.79 Å². The van der Waals surface area contributed by atoms with Crippen LogP contribution in [0.25, 0.3) is 0 Å². The Morgan fingerprint density at radius 1 is 1.00 bits per heavy atom. The molecule has 0 aliphatic heterocycles. The van der Waals surface area contributed by atoms with Crippen molar-refractivity contribution in [1.82, 2.24) is 10.6 Å². The smallest absolute Gasteiger partial charge is 0.315 e. The van der Waals surface area contributed by atoms with Gasteiger partial charge in [0, 0.05) is 12.6 Å². The molecule has 18 heavy (non-hydrogen) atoms. The maximum Gasteiger partial charge on any atom is 0.315 e. The second-order valence-corrected chi connectivity index (χ2v) is 6.23. The standard InChI is InChI=1S/C15H28N2O/c1-12-7-5-6-10-14(12)17-15(18)16-11-13-8-3-2-4-9-13/h12-14H,2-11H2,1H3,(H2,16,17,18)/t12?,14-/m1/s1. The number of urea groups is 1. The van der Waals surface area contributed by atoms with Gasteiger partial charge in [0.15, 0.2) is 0 Å². The molecule has 104 valence electrons. The fourth-order valence-electron chi connectivity index (χ4n) is 3.38. The first-order valence-corrected chi connectivity index (χ1v) is 7.80. The van der Waals surface area contributed by atoms with Crippen LogP contribution in [0, 0.1) is 11.8 Å². The summed E-state index contributed by atoms with van der Waals surface area (Å²) >= 11 is 0. The zero-order chi connectivity index (χ0) is 12.8. The van der Waals surface area contributed by atoms with E-state index in [1.807, 2.05) is 0 Å². The maximum atomic E-state index is 11.9. The van der Waals surface area contributed by atoms with E-state index in [-0.39, 0.29) is 6.03 Å². The van der Waals surface area contributed by atoms with Gasteiger partial charge >= 0.3 is 6.03 Å². The van der Waals surface area contributed by atoms with Gasteiger partial charge in [0.2, 0.25) is 0 Å². The largest absolute Gasteiger partial charge is 0.338 e. The second kappa shape index (κ2) is 7.01. The summed E-state index contributed by atoms with van der Waals surface area (Å²) in [5, 5.41) is 6.23. The summed E-state index contributed by atoms with van der Waals surface area (Å²) in [4.78, 5) is 11.9. The van der Waals surface area contributed by atoms with E-state index in [1.54, 1.807) is 0 Å². The monoisotopic (exact) mass is 252 g/mol. The van der Waals surface area contributed by atoms with E-state index >= 15 is 0 Å². The van der Waals surface area contributed by atoms with Crippen LogP contribution in [0.15, 0.2) is 0 Å². The molecular weight excluding hydrogens is 224 g/mol. The third-order valence-corrected chi connectivity index (χ3v) is 4.70.